The minimum absolute atomic E-state index is 0.153. The van der Waals surface area contributed by atoms with Crippen LogP contribution in [0.3, 0.4) is 0 Å². The normalized spacial score (nSPS) is 10.9. The summed E-state index contributed by atoms with van der Waals surface area (Å²) in [5, 5.41) is 8.74. The van der Waals surface area contributed by atoms with Crippen LogP contribution in [0.5, 0.6) is 0 Å². The molecule has 1 heterocycles. The zero-order valence-corrected chi connectivity index (χ0v) is 12.2. The van der Waals surface area contributed by atoms with Crippen molar-refractivity contribution in [3.8, 4) is 0 Å². The van der Waals surface area contributed by atoms with Crippen molar-refractivity contribution in [3.63, 3.8) is 0 Å². The average molecular weight is 271 g/mol. The summed E-state index contributed by atoms with van der Waals surface area (Å²) in [6.45, 7) is 4.08. The highest BCUT2D eigenvalue weighted by Gasteiger charge is 2.12. The van der Waals surface area contributed by atoms with Crippen LogP contribution in [0, 0.1) is 0 Å². The van der Waals surface area contributed by atoms with Gasteiger partial charge in [0, 0.05) is 32.3 Å². The smallest absolute Gasteiger partial charge is 0.222 e. The van der Waals surface area contributed by atoms with Gasteiger partial charge in [-0.05, 0) is 20.3 Å². The van der Waals surface area contributed by atoms with Crippen LogP contribution in [0.25, 0.3) is 0 Å². The number of carbonyl (C=O) groups is 1. The van der Waals surface area contributed by atoms with Gasteiger partial charge in [-0.3, -0.25) is 9.36 Å². The van der Waals surface area contributed by atoms with E-state index in [9.17, 15) is 4.79 Å². The largest absolute Gasteiger partial charge is 0.368 e. The highest BCUT2D eigenvalue weighted by Crippen LogP contribution is 2.23. The summed E-state index contributed by atoms with van der Waals surface area (Å²) in [6, 6.07) is 0.242. The summed E-state index contributed by atoms with van der Waals surface area (Å²) < 4.78 is 1.90. The fourth-order valence-corrected chi connectivity index (χ4v) is 2.50. The van der Waals surface area contributed by atoms with Crippen LogP contribution < -0.4 is 5.73 Å². The molecule has 1 aromatic heterocycles. The molecule has 0 bridgehead atoms. The van der Waals surface area contributed by atoms with Crippen molar-refractivity contribution < 1.29 is 4.79 Å². The van der Waals surface area contributed by atoms with Gasteiger partial charge in [-0.25, -0.2) is 0 Å². The molecule has 0 aliphatic rings. The first kappa shape index (κ1) is 14.8. The number of nitrogens with two attached hydrogens (primary N) is 1. The van der Waals surface area contributed by atoms with Gasteiger partial charge in [0.15, 0.2) is 5.16 Å². The molecule has 102 valence electrons. The summed E-state index contributed by atoms with van der Waals surface area (Å²) in [4.78, 5) is 13.0. The molecule has 6 nitrogen and oxygen atoms in total. The van der Waals surface area contributed by atoms with E-state index in [4.69, 9.17) is 5.73 Å². The molecule has 0 aromatic carbocycles. The number of hydrogen-bond donors (Lipinski definition) is 1. The lowest BCUT2D eigenvalue weighted by Crippen LogP contribution is -2.21. The predicted molar refractivity (Wildman–Crippen MR) is 73.5 cm³/mol. The third-order valence-electron chi connectivity index (χ3n) is 2.47. The molecule has 0 saturated heterocycles. The summed E-state index contributed by atoms with van der Waals surface area (Å²) in [6.07, 6.45) is 1.39. The molecule has 18 heavy (non-hydrogen) atoms. The van der Waals surface area contributed by atoms with E-state index in [1.807, 2.05) is 18.4 Å². The zero-order valence-electron chi connectivity index (χ0n) is 11.4. The van der Waals surface area contributed by atoms with E-state index in [1.54, 1.807) is 30.8 Å². The standard InChI is InChI=1S/C11H21N5OS/c1-8(2)16-10(12)13-14-11(16)18-7-5-6-9(17)15(3)4/h8H,5-7H2,1-4H3,(H2,12,13). The van der Waals surface area contributed by atoms with Gasteiger partial charge in [-0.2, -0.15) is 0 Å². The Balaban J connectivity index is 2.43. The Bertz CT molecular complexity index is 402. The molecule has 1 aromatic rings. The van der Waals surface area contributed by atoms with Crippen molar-refractivity contribution in [3.05, 3.63) is 0 Å². The first-order valence-corrected chi connectivity index (χ1v) is 6.95. The van der Waals surface area contributed by atoms with Crippen LogP contribution in [-0.4, -0.2) is 45.4 Å². The summed E-state index contributed by atoms with van der Waals surface area (Å²) in [5.74, 6) is 1.43. The SMILES string of the molecule is CC(C)n1c(N)nnc1SCCCC(=O)N(C)C. The zero-order chi connectivity index (χ0) is 13.7. The number of nitrogens with zero attached hydrogens (tertiary/aromatic N) is 4. The topological polar surface area (TPSA) is 77.0 Å². The van der Waals surface area contributed by atoms with Gasteiger partial charge < -0.3 is 10.6 Å². The average Bonchev–Trinajstić information content (AvgIpc) is 2.65. The number of hydrogen-bond acceptors (Lipinski definition) is 5. The van der Waals surface area contributed by atoms with Crippen molar-refractivity contribution in [2.24, 2.45) is 0 Å². The molecule has 0 unspecified atom stereocenters. The summed E-state index contributed by atoms with van der Waals surface area (Å²) >= 11 is 1.59. The van der Waals surface area contributed by atoms with Crippen molar-refractivity contribution in [1.82, 2.24) is 19.7 Å². The number of thioether (sulfide) groups is 1. The van der Waals surface area contributed by atoms with Gasteiger partial charge in [0.25, 0.3) is 0 Å². The third-order valence-corrected chi connectivity index (χ3v) is 3.50. The number of amides is 1. The fourth-order valence-electron chi connectivity index (χ4n) is 1.48. The van der Waals surface area contributed by atoms with Crippen LogP contribution >= 0.6 is 11.8 Å². The van der Waals surface area contributed by atoms with Crippen LogP contribution in [0.15, 0.2) is 5.16 Å². The van der Waals surface area contributed by atoms with E-state index in [0.717, 1.165) is 17.3 Å². The number of anilines is 1. The molecule has 0 atom stereocenters. The first-order valence-electron chi connectivity index (χ1n) is 5.96. The maximum Gasteiger partial charge on any atom is 0.222 e. The molecule has 2 N–H and O–H groups in total. The number of nitrogen functional groups attached to an aromatic ring is 1. The lowest BCUT2D eigenvalue weighted by atomic mass is 10.3. The van der Waals surface area contributed by atoms with Crippen LogP contribution in [0.1, 0.15) is 32.7 Å². The fraction of sp³-hybridized carbons (Fsp3) is 0.727. The molecule has 0 spiro atoms. The lowest BCUT2D eigenvalue weighted by Gasteiger charge is -2.11. The second-order valence-electron chi connectivity index (χ2n) is 4.54. The van der Waals surface area contributed by atoms with Crippen molar-refractivity contribution in [2.45, 2.75) is 37.9 Å². The molecule has 0 aliphatic heterocycles. The highest BCUT2D eigenvalue weighted by atomic mass is 32.2. The van der Waals surface area contributed by atoms with Crippen molar-refractivity contribution in [1.29, 1.82) is 0 Å². The van der Waals surface area contributed by atoms with E-state index in [0.29, 0.717) is 12.4 Å². The van der Waals surface area contributed by atoms with E-state index in [1.165, 1.54) is 0 Å². The number of carbonyl (C=O) groups excluding carboxylic acids is 1. The van der Waals surface area contributed by atoms with Gasteiger partial charge in [0.1, 0.15) is 0 Å². The van der Waals surface area contributed by atoms with E-state index in [2.05, 4.69) is 10.2 Å². The Hall–Kier alpha value is -1.24. The third kappa shape index (κ3) is 3.90. The lowest BCUT2D eigenvalue weighted by molar-refractivity contribution is -0.128. The quantitative estimate of drug-likeness (QED) is 0.625. The van der Waals surface area contributed by atoms with Gasteiger partial charge in [-0.1, -0.05) is 11.8 Å². The summed E-state index contributed by atoms with van der Waals surface area (Å²) in [5.41, 5.74) is 5.75. The monoisotopic (exact) mass is 271 g/mol. The maximum absolute atomic E-state index is 11.4. The predicted octanol–water partition coefficient (Wildman–Crippen LogP) is 1.40. The minimum atomic E-state index is 0.153. The highest BCUT2D eigenvalue weighted by molar-refractivity contribution is 7.99. The molecule has 7 heteroatoms. The Morgan fingerprint density at radius 1 is 1.44 bits per heavy atom. The van der Waals surface area contributed by atoms with Gasteiger partial charge in [0.05, 0.1) is 0 Å². The molecule has 1 rings (SSSR count). The number of rotatable bonds is 6. The maximum atomic E-state index is 11.4. The molecule has 0 aliphatic carbocycles. The van der Waals surface area contributed by atoms with Gasteiger partial charge in [0.2, 0.25) is 11.9 Å². The number of aromatic nitrogens is 3. The van der Waals surface area contributed by atoms with Gasteiger partial charge >= 0.3 is 0 Å². The Kier molecular flexibility index (Phi) is 5.46. The van der Waals surface area contributed by atoms with Crippen LogP contribution in [0.2, 0.25) is 0 Å². The van der Waals surface area contributed by atoms with Crippen molar-refractivity contribution >= 4 is 23.6 Å². The van der Waals surface area contributed by atoms with Gasteiger partial charge in [-0.15, -0.1) is 10.2 Å². The Morgan fingerprint density at radius 3 is 2.67 bits per heavy atom. The summed E-state index contributed by atoms with van der Waals surface area (Å²) in [7, 11) is 3.54. The minimum Gasteiger partial charge on any atom is -0.368 e. The molecular formula is C11H21N5OS. The van der Waals surface area contributed by atoms with Crippen LogP contribution in [-0.2, 0) is 4.79 Å². The van der Waals surface area contributed by atoms with E-state index in [-0.39, 0.29) is 11.9 Å². The van der Waals surface area contributed by atoms with E-state index >= 15 is 0 Å². The molecule has 1 amide bonds. The Labute approximate surface area is 112 Å². The second kappa shape index (κ2) is 6.63. The first-order chi connectivity index (χ1) is 8.43. The second-order valence-corrected chi connectivity index (χ2v) is 5.61. The van der Waals surface area contributed by atoms with Crippen molar-refractivity contribution in [2.75, 3.05) is 25.6 Å². The molecule has 0 radical (unpaired) electrons. The molecule has 0 saturated carbocycles. The molecular weight excluding hydrogens is 250 g/mol. The molecule has 0 fully saturated rings. The Morgan fingerprint density at radius 2 is 2.11 bits per heavy atom. The van der Waals surface area contributed by atoms with Crippen LogP contribution in [0.4, 0.5) is 5.95 Å². The van der Waals surface area contributed by atoms with E-state index < -0.39 is 0 Å².